The normalized spacial score (nSPS) is 13.1. The van der Waals surface area contributed by atoms with Crippen LogP contribution < -0.4 is 10.6 Å². The predicted molar refractivity (Wildman–Crippen MR) is 135 cm³/mol. The van der Waals surface area contributed by atoms with Gasteiger partial charge in [0.15, 0.2) is 10.8 Å². The van der Waals surface area contributed by atoms with Gasteiger partial charge in [-0.3, -0.25) is 9.78 Å². The quantitative estimate of drug-likeness (QED) is 0.269. The molecule has 0 saturated carbocycles. The number of halogens is 2. The molecule has 0 aliphatic rings. The lowest BCUT2D eigenvalue weighted by atomic mass is 10.0. The van der Waals surface area contributed by atoms with Crippen LogP contribution in [0.15, 0.2) is 37.1 Å². The third kappa shape index (κ3) is 5.62. The third-order valence-corrected chi connectivity index (χ3v) is 6.73. The summed E-state index contributed by atoms with van der Waals surface area (Å²) in [4.78, 5) is 26.6. The van der Waals surface area contributed by atoms with Crippen molar-refractivity contribution in [3.63, 3.8) is 0 Å². The molecule has 0 aromatic carbocycles. The Kier molecular flexibility index (Phi) is 6.97. The smallest absolute Gasteiger partial charge is 0.255 e. The van der Waals surface area contributed by atoms with Crippen LogP contribution in [0.5, 0.6) is 0 Å². The summed E-state index contributed by atoms with van der Waals surface area (Å²) in [5.41, 5.74) is -0.626. The summed E-state index contributed by atoms with van der Waals surface area (Å²) in [5, 5.41) is 30.8. The highest BCUT2D eigenvalue weighted by molar-refractivity contribution is 7.15. The molecule has 0 unspecified atom stereocenters. The van der Waals surface area contributed by atoms with Gasteiger partial charge < -0.3 is 20.8 Å². The summed E-state index contributed by atoms with van der Waals surface area (Å²) in [6.45, 7) is 5.56. The van der Waals surface area contributed by atoms with Gasteiger partial charge in [-0.15, -0.1) is 0 Å². The summed E-state index contributed by atoms with van der Waals surface area (Å²) in [5.74, 6) is -0.590. The standard InChI is InChI=1S/C23H25ClFN7O3S/c1-22(2,34)17(25)9-28-20(33)14-7-26-15(13-8-30-32-11-12(24)6-27-19(13)32)5-16(14)31-21-29-10-18(36-21)23(3,4)35/h5-8,10-11,17,34-35H,9H2,1-4H3,(H,28,33)(H,26,29,31)/t17-/m1/s1. The molecule has 0 aliphatic heterocycles. The van der Waals surface area contributed by atoms with Crippen LogP contribution in [0.2, 0.25) is 5.02 Å². The van der Waals surface area contributed by atoms with Gasteiger partial charge in [-0.1, -0.05) is 22.9 Å². The van der Waals surface area contributed by atoms with E-state index in [9.17, 15) is 19.4 Å². The van der Waals surface area contributed by atoms with Gasteiger partial charge in [-0.05, 0) is 33.8 Å². The molecule has 4 aromatic heterocycles. The summed E-state index contributed by atoms with van der Waals surface area (Å²) in [6.07, 6.45) is 5.91. The number of aromatic nitrogens is 5. The highest BCUT2D eigenvalue weighted by atomic mass is 35.5. The predicted octanol–water partition coefficient (Wildman–Crippen LogP) is 3.71. The van der Waals surface area contributed by atoms with Gasteiger partial charge in [0.05, 0.1) is 62.5 Å². The molecular weight excluding hydrogens is 509 g/mol. The number of amides is 1. The number of carbonyl (C=O) groups excluding carboxylic acids is 1. The van der Waals surface area contributed by atoms with E-state index in [2.05, 4.69) is 30.7 Å². The fourth-order valence-electron chi connectivity index (χ4n) is 3.18. The van der Waals surface area contributed by atoms with Crippen molar-refractivity contribution in [3.05, 3.63) is 52.5 Å². The summed E-state index contributed by atoms with van der Waals surface area (Å²) in [7, 11) is 0. The largest absolute Gasteiger partial charge is 0.387 e. The number of nitrogens with one attached hydrogen (secondary N) is 2. The minimum absolute atomic E-state index is 0.134. The van der Waals surface area contributed by atoms with Crippen LogP contribution in [-0.2, 0) is 5.60 Å². The van der Waals surface area contributed by atoms with Gasteiger partial charge in [0.1, 0.15) is 6.17 Å². The average Bonchev–Trinajstić information content (AvgIpc) is 3.43. The number of nitrogens with zero attached hydrogens (tertiary/aromatic N) is 5. The maximum Gasteiger partial charge on any atom is 0.255 e. The molecule has 4 N–H and O–H groups in total. The van der Waals surface area contributed by atoms with Crippen LogP contribution in [0.1, 0.15) is 42.9 Å². The number of aliphatic hydroxyl groups is 2. The second-order valence-corrected chi connectivity index (χ2v) is 10.7. The van der Waals surface area contributed by atoms with Crippen molar-refractivity contribution in [2.75, 3.05) is 11.9 Å². The molecule has 13 heteroatoms. The van der Waals surface area contributed by atoms with Crippen LogP contribution in [0.3, 0.4) is 0 Å². The van der Waals surface area contributed by atoms with E-state index in [1.807, 2.05) is 0 Å². The monoisotopic (exact) mass is 533 g/mol. The van der Waals surface area contributed by atoms with Crippen molar-refractivity contribution in [2.45, 2.75) is 45.1 Å². The zero-order chi connectivity index (χ0) is 26.3. The molecule has 0 saturated heterocycles. The molecule has 0 bridgehead atoms. The second kappa shape index (κ2) is 9.69. The van der Waals surface area contributed by atoms with E-state index in [-0.39, 0.29) is 12.1 Å². The lowest BCUT2D eigenvalue weighted by Gasteiger charge is -2.22. The number of hydrogen-bond donors (Lipinski definition) is 4. The van der Waals surface area contributed by atoms with Crippen molar-refractivity contribution in [2.24, 2.45) is 0 Å². The number of carbonyl (C=O) groups is 1. The maximum absolute atomic E-state index is 14.2. The Morgan fingerprint density at radius 3 is 2.58 bits per heavy atom. The molecule has 0 fully saturated rings. The van der Waals surface area contributed by atoms with Gasteiger partial charge in [-0.25, -0.2) is 18.9 Å². The van der Waals surface area contributed by atoms with Gasteiger partial charge >= 0.3 is 0 Å². The number of anilines is 2. The highest BCUT2D eigenvalue weighted by Crippen LogP contribution is 2.33. The average molecular weight is 534 g/mol. The highest BCUT2D eigenvalue weighted by Gasteiger charge is 2.27. The fourth-order valence-corrected chi connectivity index (χ4v) is 4.15. The van der Waals surface area contributed by atoms with Gasteiger partial charge in [0.25, 0.3) is 5.91 Å². The van der Waals surface area contributed by atoms with Crippen molar-refractivity contribution < 1.29 is 19.4 Å². The molecule has 1 atom stereocenters. The van der Waals surface area contributed by atoms with E-state index in [0.29, 0.717) is 37.6 Å². The minimum Gasteiger partial charge on any atom is -0.387 e. The van der Waals surface area contributed by atoms with Gasteiger partial charge in [0.2, 0.25) is 0 Å². The van der Waals surface area contributed by atoms with Crippen LogP contribution in [0.4, 0.5) is 15.2 Å². The second-order valence-electron chi connectivity index (χ2n) is 9.26. The lowest BCUT2D eigenvalue weighted by molar-refractivity contribution is -0.00177. The number of pyridine rings is 1. The summed E-state index contributed by atoms with van der Waals surface area (Å²) in [6, 6.07) is 1.64. The number of hydrogen-bond acceptors (Lipinski definition) is 9. The van der Waals surface area contributed by atoms with Crippen molar-refractivity contribution >= 4 is 45.3 Å². The Hall–Kier alpha value is -3.19. The number of fused-ring (bicyclic) bond motifs is 1. The Balaban J connectivity index is 1.71. The first-order valence-corrected chi connectivity index (χ1v) is 12.1. The number of thiazole rings is 1. The molecule has 0 aliphatic carbocycles. The molecule has 1 amide bonds. The Labute approximate surface area is 215 Å². The molecule has 10 nitrogen and oxygen atoms in total. The molecule has 4 rings (SSSR count). The first-order chi connectivity index (χ1) is 16.8. The molecule has 0 radical (unpaired) electrons. The first-order valence-electron chi connectivity index (χ1n) is 10.9. The van der Waals surface area contributed by atoms with E-state index >= 15 is 0 Å². The summed E-state index contributed by atoms with van der Waals surface area (Å²) >= 11 is 7.22. The van der Waals surface area contributed by atoms with Crippen molar-refractivity contribution in [3.8, 4) is 11.3 Å². The first kappa shape index (κ1) is 25.9. The van der Waals surface area contributed by atoms with Gasteiger partial charge in [-0.2, -0.15) is 5.10 Å². The SMILES string of the molecule is CC(C)(O)c1cnc(Nc2cc(-c3cnn4cc(Cl)cnc34)ncc2C(=O)NC[C@@H](F)C(C)(C)O)s1. The molecule has 36 heavy (non-hydrogen) atoms. The lowest BCUT2D eigenvalue weighted by Crippen LogP contribution is -2.42. The maximum atomic E-state index is 14.2. The Morgan fingerprint density at radius 2 is 1.92 bits per heavy atom. The molecular formula is C23H25ClFN7O3S. The molecule has 190 valence electrons. The zero-order valence-electron chi connectivity index (χ0n) is 20.0. The number of alkyl halides is 1. The van der Waals surface area contributed by atoms with Gasteiger partial charge in [0, 0.05) is 18.6 Å². The molecule has 0 spiro atoms. The Morgan fingerprint density at radius 1 is 1.17 bits per heavy atom. The Bertz CT molecular complexity index is 1410. The third-order valence-electron chi connectivity index (χ3n) is 5.31. The van der Waals surface area contributed by atoms with Crippen LogP contribution in [0, 0.1) is 0 Å². The van der Waals surface area contributed by atoms with Crippen LogP contribution >= 0.6 is 22.9 Å². The van der Waals surface area contributed by atoms with Crippen molar-refractivity contribution in [1.29, 1.82) is 0 Å². The topological polar surface area (TPSA) is 138 Å². The van der Waals surface area contributed by atoms with Crippen LogP contribution in [0.25, 0.3) is 16.9 Å². The molecule has 4 heterocycles. The molecule has 4 aromatic rings. The van der Waals surface area contributed by atoms with E-state index in [1.165, 1.54) is 42.1 Å². The fraction of sp³-hybridized carbons (Fsp3) is 0.348. The van der Waals surface area contributed by atoms with Crippen molar-refractivity contribution in [1.82, 2.24) is 29.9 Å². The van der Waals surface area contributed by atoms with Crippen LogP contribution in [-0.4, -0.2) is 59.0 Å². The van der Waals surface area contributed by atoms with E-state index < -0.39 is 23.3 Å². The van der Waals surface area contributed by atoms with E-state index in [0.717, 1.165) is 0 Å². The zero-order valence-corrected chi connectivity index (χ0v) is 21.5. The summed E-state index contributed by atoms with van der Waals surface area (Å²) < 4.78 is 15.7. The minimum atomic E-state index is -1.67. The van der Waals surface area contributed by atoms with E-state index in [1.54, 1.807) is 38.5 Å². The number of rotatable bonds is 8. The van der Waals surface area contributed by atoms with E-state index in [4.69, 9.17) is 11.6 Å².